The quantitative estimate of drug-likeness (QED) is 0.550. The van der Waals surface area contributed by atoms with E-state index in [-0.39, 0.29) is 15.8 Å². The van der Waals surface area contributed by atoms with Crippen LogP contribution in [0.5, 0.6) is 0 Å². The molecule has 9 heavy (non-hydrogen) atoms. The molecule has 0 aromatic rings. The molecule has 2 atom stereocenters. The van der Waals surface area contributed by atoms with E-state index in [0.717, 1.165) is 0 Å². The molecule has 3 nitrogen and oxygen atoms in total. The summed E-state index contributed by atoms with van der Waals surface area (Å²) < 4.78 is 0. The first-order valence-electron chi connectivity index (χ1n) is 2.54. The average Bonchev–Trinajstić information content (AvgIpc) is 1.64. The third-order valence-electron chi connectivity index (χ3n) is 1.00. The molecule has 0 aliphatic rings. The summed E-state index contributed by atoms with van der Waals surface area (Å²) in [6.07, 6.45) is 0. The van der Waals surface area contributed by atoms with E-state index in [1.54, 1.807) is 13.8 Å². The number of hydrogen-bond donors (Lipinski definition) is 2. The summed E-state index contributed by atoms with van der Waals surface area (Å²) >= 11 is 0. The van der Waals surface area contributed by atoms with Gasteiger partial charge in [0.2, 0.25) is 0 Å². The van der Waals surface area contributed by atoms with Gasteiger partial charge < -0.3 is 10.8 Å². The Morgan fingerprint density at radius 1 is 1.56 bits per heavy atom. The van der Waals surface area contributed by atoms with Gasteiger partial charge in [0.25, 0.3) is 0 Å². The summed E-state index contributed by atoms with van der Waals surface area (Å²) in [5, 5.41) is 8.23. The molecule has 56 valence electrons. The predicted octanol–water partition coefficient (Wildman–Crippen LogP) is 0.112. The van der Waals surface area contributed by atoms with Crippen molar-refractivity contribution >= 4 is 15.9 Å². The highest BCUT2D eigenvalue weighted by atomic mass is 31.0. The van der Waals surface area contributed by atoms with Crippen LogP contribution in [0, 0.1) is 5.92 Å². The van der Waals surface area contributed by atoms with E-state index in [1.807, 2.05) is 0 Å². The van der Waals surface area contributed by atoms with Gasteiger partial charge in [-0.25, -0.2) is 0 Å². The molecule has 0 rings (SSSR count). The van der Waals surface area contributed by atoms with Gasteiger partial charge in [0.05, 0.1) is 0 Å². The second-order valence-electron chi connectivity index (χ2n) is 2.11. The Bertz CT molecular complexity index is 95.0. The van der Waals surface area contributed by atoms with Crippen LogP contribution < -0.4 is 5.73 Å². The number of rotatable bonds is 2. The van der Waals surface area contributed by atoms with Gasteiger partial charge in [0, 0.05) is 0 Å². The third-order valence-corrected chi connectivity index (χ3v) is 1.00. The molecule has 0 amide bonds. The van der Waals surface area contributed by atoms with Crippen LogP contribution in [0.25, 0.3) is 0 Å². The van der Waals surface area contributed by atoms with Gasteiger partial charge in [-0.1, -0.05) is 13.8 Å². The molecule has 0 fully saturated rings. The highest BCUT2D eigenvalue weighted by Crippen LogP contribution is 1.96. The van der Waals surface area contributed by atoms with Gasteiger partial charge in [-0.3, -0.25) is 4.79 Å². The summed E-state index contributed by atoms with van der Waals surface area (Å²) in [4.78, 5) is 10.0. The zero-order chi connectivity index (χ0) is 6.73. The van der Waals surface area contributed by atoms with E-state index >= 15 is 0 Å². The molecule has 0 heterocycles. The third kappa shape index (κ3) is 4.37. The Labute approximate surface area is 58.2 Å². The minimum atomic E-state index is -0.931. The zero-order valence-electron chi connectivity index (χ0n) is 5.79. The van der Waals surface area contributed by atoms with Crippen molar-refractivity contribution in [1.29, 1.82) is 0 Å². The SMILES string of the molecule is CC(C)[C@H](N)C(=O)O.P. The van der Waals surface area contributed by atoms with Crippen molar-refractivity contribution in [1.82, 2.24) is 0 Å². The van der Waals surface area contributed by atoms with Gasteiger partial charge >= 0.3 is 5.97 Å². The molecular formula is C5H14NO2P. The highest BCUT2D eigenvalue weighted by molar-refractivity contribution is 6.92. The molecule has 0 radical (unpaired) electrons. The Hall–Kier alpha value is -0.140. The molecular weight excluding hydrogens is 137 g/mol. The first kappa shape index (κ1) is 11.6. The topological polar surface area (TPSA) is 63.3 Å². The number of carbonyl (C=O) groups is 1. The zero-order valence-corrected chi connectivity index (χ0v) is 7.21. The number of carboxylic acid groups (broad SMARTS) is 1. The Morgan fingerprint density at radius 3 is 1.89 bits per heavy atom. The fraction of sp³-hybridized carbons (Fsp3) is 0.800. The molecule has 0 aromatic heterocycles. The summed E-state index contributed by atoms with van der Waals surface area (Å²) in [5.41, 5.74) is 5.16. The number of nitrogens with two attached hydrogens (primary N) is 1. The minimum Gasteiger partial charge on any atom is -0.480 e. The van der Waals surface area contributed by atoms with E-state index in [4.69, 9.17) is 10.8 Å². The lowest BCUT2D eigenvalue weighted by Gasteiger charge is -2.07. The maximum absolute atomic E-state index is 10.0. The predicted molar refractivity (Wildman–Crippen MR) is 41.6 cm³/mol. The van der Waals surface area contributed by atoms with Crippen molar-refractivity contribution in [3.8, 4) is 0 Å². The van der Waals surface area contributed by atoms with E-state index in [0.29, 0.717) is 0 Å². The second-order valence-corrected chi connectivity index (χ2v) is 2.11. The first-order valence-corrected chi connectivity index (χ1v) is 2.54. The van der Waals surface area contributed by atoms with Crippen LogP contribution in [-0.4, -0.2) is 17.1 Å². The standard InChI is InChI=1S/C5H11NO2.H3P/c1-3(2)4(6)5(7)8;/h3-4H,6H2,1-2H3,(H,7,8);1H3/t4-;/m0./s1. The molecule has 1 unspecified atom stereocenters. The second kappa shape index (κ2) is 4.71. The van der Waals surface area contributed by atoms with Gasteiger partial charge in [-0.2, -0.15) is 9.90 Å². The van der Waals surface area contributed by atoms with Crippen LogP contribution in [0.3, 0.4) is 0 Å². The minimum absolute atomic E-state index is 0. The Kier molecular flexibility index (Phi) is 6.09. The lowest BCUT2D eigenvalue weighted by Crippen LogP contribution is -2.34. The maximum Gasteiger partial charge on any atom is 0.320 e. The normalized spacial score (nSPS) is 12.4. The Morgan fingerprint density at radius 2 is 1.89 bits per heavy atom. The van der Waals surface area contributed by atoms with E-state index in [1.165, 1.54) is 0 Å². The maximum atomic E-state index is 10.0. The molecule has 0 bridgehead atoms. The van der Waals surface area contributed by atoms with E-state index < -0.39 is 12.0 Å². The van der Waals surface area contributed by atoms with Gasteiger partial charge in [-0.15, -0.1) is 0 Å². The molecule has 0 saturated carbocycles. The number of aliphatic carboxylic acids is 1. The molecule has 0 saturated heterocycles. The number of hydrogen-bond acceptors (Lipinski definition) is 2. The summed E-state index contributed by atoms with van der Waals surface area (Å²) in [7, 11) is 0. The van der Waals surface area contributed by atoms with Crippen molar-refractivity contribution in [3.63, 3.8) is 0 Å². The highest BCUT2D eigenvalue weighted by Gasteiger charge is 2.14. The van der Waals surface area contributed by atoms with Crippen LogP contribution in [0.2, 0.25) is 0 Å². The van der Waals surface area contributed by atoms with E-state index in [2.05, 4.69) is 0 Å². The van der Waals surface area contributed by atoms with Crippen molar-refractivity contribution in [3.05, 3.63) is 0 Å². The lowest BCUT2D eigenvalue weighted by atomic mass is 10.1. The van der Waals surface area contributed by atoms with Crippen molar-refractivity contribution < 1.29 is 9.90 Å². The summed E-state index contributed by atoms with van der Waals surface area (Å²) in [5.74, 6) is -0.910. The fourth-order valence-corrected chi connectivity index (χ4v) is 0.285. The van der Waals surface area contributed by atoms with Crippen molar-refractivity contribution in [2.75, 3.05) is 0 Å². The fourth-order valence-electron chi connectivity index (χ4n) is 0.285. The first-order chi connectivity index (χ1) is 3.55. The van der Waals surface area contributed by atoms with Gasteiger partial charge in [-0.05, 0) is 5.92 Å². The van der Waals surface area contributed by atoms with E-state index in [9.17, 15) is 4.79 Å². The van der Waals surface area contributed by atoms with Crippen LogP contribution in [0.1, 0.15) is 13.8 Å². The van der Waals surface area contributed by atoms with Crippen LogP contribution in [-0.2, 0) is 4.79 Å². The smallest absolute Gasteiger partial charge is 0.320 e. The summed E-state index contributed by atoms with van der Waals surface area (Å²) in [6.45, 7) is 3.55. The molecule has 0 aromatic carbocycles. The number of carboxylic acids is 1. The van der Waals surface area contributed by atoms with Crippen LogP contribution in [0.4, 0.5) is 0 Å². The molecule has 0 spiro atoms. The molecule has 3 N–H and O–H groups in total. The molecule has 0 aliphatic heterocycles. The van der Waals surface area contributed by atoms with Crippen LogP contribution in [0.15, 0.2) is 0 Å². The summed E-state index contributed by atoms with van der Waals surface area (Å²) in [6, 6.07) is -0.713. The Balaban J connectivity index is 0. The van der Waals surface area contributed by atoms with Crippen molar-refractivity contribution in [2.24, 2.45) is 11.7 Å². The monoisotopic (exact) mass is 151 g/mol. The van der Waals surface area contributed by atoms with Gasteiger partial charge in [0.15, 0.2) is 0 Å². The van der Waals surface area contributed by atoms with Gasteiger partial charge in [0.1, 0.15) is 6.04 Å². The van der Waals surface area contributed by atoms with Crippen LogP contribution >= 0.6 is 9.90 Å². The van der Waals surface area contributed by atoms with Crippen molar-refractivity contribution in [2.45, 2.75) is 19.9 Å². The molecule has 4 heteroatoms. The molecule has 0 aliphatic carbocycles. The largest absolute Gasteiger partial charge is 0.480 e. The lowest BCUT2D eigenvalue weighted by molar-refractivity contribution is -0.139. The average molecular weight is 151 g/mol.